The third-order valence-electron chi connectivity index (χ3n) is 9.34. The predicted octanol–water partition coefficient (Wildman–Crippen LogP) is -0.281. The van der Waals surface area contributed by atoms with Crippen LogP contribution in [0.15, 0.2) is 58.5 Å². The van der Waals surface area contributed by atoms with Crippen molar-refractivity contribution in [2.75, 3.05) is 41.1 Å². The molecule has 0 saturated carbocycles. The number of amides is 1. The molecule has 1 aliphatic carbocycles. The Hall–Kier alpha value is -3.09. The normalized spacial score (nSPS) is 37.5. The van der Waals surface area contributed by atoms with Gasteiger partial charge in [0.1, 0.15) is 36.6 Å². The van der Waals surface area contributed by atoms with Gasteiger partial charge >= 0.3 is 0 Å². The van der Waals surface area contributed by atoms with Gasteiger partial charge in [-0.1, -0.05) is 38.2 Å². The van der Waals surface area contributed by atoms with E-state index in [1.54, 1.807) is 32.3 Å². The lowest BCUT2D eigenvalue weighted by atomic mass is 9.85. The Bertz CT molecular complexity index is 1390. The molecule has 2 bridgehead atoms. The van der Waals surface area contributed by atoms with Crippen LogP contribution in [-0.2, 0) is 38.1 Å². The van der Waals surface area contributed by atoms with Crippen molar-refractivity contribution in [2.45, 2.75) is 95.7 Å². The topological polar surface area (TPSA) is 223 Å². The summed E-state index contributed by atoms with van der Waals surface area (Å²) in [6, 6.07) is 0. The number of carbonyl (C=O) groups excluding carboxylic acids is 3. The molecule has 3 rings (SSSR count). The zero-order valence-corrected chi connectivity index (χ0v) is 30.3. The molecular weight excluding hydrogens is 668 g/mol. The van der Waals surface area contributed by atoms with Crippen LogP contribution in [0.1, 0.15) is 40.5 Å². The van der Waals surface area contributed by atoms with Gasteiger partial charge in [-0.3, -0.25) is 14.4 Å². The summed E-state index contributed by atoms with van der Waals surface area (Å²) >= 11 is 0. The van der Waals surface area contributed by atoms with Crippen LogP contribution in [-0.4, -0.2) is 139 Å². The maximum atomic E-state index is 13.9. The van der Waals surface area contributed by atoms with Gasteiger partial charge in [0, 0.05) is 51.0 Å². The van der Waals surface area contributed by atoms with E-state index >= 15 is 0 Å². The monoisotopic (exact) mass is 722 g/mol. The number of hydrogen-bond donors (Lipinski definition) is 7. The van der Waals surface area contributed by atoms with Gasteiger partial charge in [-0.2, -0.15) is 0 Å². The summed E-state index contributed by atoms with van der Waals surface area (Å²) in [6.07, 6.45) is -1.63. The maximum Gasteiger partial charge on any atom is 0.251 e. The van der Waals surface area contributed by atoms with E-state index in [2.05, 4.69) is 10.6 Å². The van der Waals surface area contributed by atoms with Gasteiger partial charge < -0.3 is 59.9 Å². The fourth-order valence-electron chi connectivity index (χ4n) is 6.37. The molecule has 286 valence electrons. The van der Waals surface area contributed by atoms with Gasteiger partial charge in [0.25, 0.3) is 5.91 Å². The van der Waals surface area contributed by atoms with Gasteiger partial charge in [-0.25, -0.2) is 0 Å². The molecule has 2 heterocycles. The molecule has 1 amide bonds. The number of allylic oxidation sites excluding steroid dienone is 4. The minimum atomic E-state index is -1.62. The van der Waals surface area contributed by atoms with Crippen LogP contribution in [0.3, 0.4) is 0 Å². The average molecular weight is 723 g/mol. The fraction of sp³-hybridized carbons (Fsp3) is 0.639. The van der Waals surface area contributed by atoms with Gasteiger partial charge in [0.05, 0.1) is 36.8 Å². The highest BCUT2D eigenvalue weighted by Crippen LogP contribution is 2.29. The third-order valence-corrected chi connectivity index (χ3v) is 9.34. The first-order chi connectivity index (χ1) is 24.2. The Morgan fingerprint density at radius 1 is 0.961 bits per heavy atom. The molecule has 15 heteroatoms. The molecule has 2 aliphatic heterocycles. The summed E-state index contributed by atoms with van der Waals surface area (Å²) in [5.74, 6) is -2.38. The molecular formula is C36H54N2O13. The van der Waals surface area contributed by atoms with Crippen molar-refractivity contribution >= 4 is 17.5 Å². The van der Waals surface area contributed by atoms with Crippen molar-refractivity contribution in [2.24, 2.45) is 11.8 Å². The quantitative estimate of drug-likeness (QED) is 0.0925. The number of methoxy groups -OCH3 is 3. The van der Waals surface area contributed by atoms with Crippen molar-refractivity contribution in [3.63, 3.8) is 0 Å². The Balaban J connectivity index is 1.92. The van der Waals surface area contributed by atoms with E-state index in [1.807, 2.05) is 26.8 Å². The van der Waals surface area contributed by atoms with E-state index in [-0.39, 0.29) is 53.9 Å². The number of nitrogens with one attached hydrogen (secondary N) is 2. The average Bonchev–Trinajstić information content (AvgIpc) is 3.10. The van der Waals surface area contributed by atoms with Crippen LogP contribution in [0.4, 0.5) is 0 Å². The molecule has 0 aromatic carbocycles. The first-order valence-corrected chi connectivity index (χ1v) is 17.0. The lowest BCUT2D eigenvalue weighted by Crippen LogP contribution is -2.59. The Morgan fingerprint density at radius 3 is 2.29 bits per heavy atom. The standard InChI is InChI=1S/C36H54N2O13/c1-18-13-22-28(37-11-12-50-36-33(45)32(44)31(43)27(17-39)51-36)24(40)16-23(30(22)42)38-35(46)19(2)9-8-10-25(47-5)34(49-7)21(4)15-20(3)29(41)26(14-18)48-6/h8-10,15-16,18,20,25-27,29,31-34,36-37,39,41,43-45H,11-14,17H2,1-7H3,(H,38,46)/b10-8-,19-9+,21-15+/t18-,20+,25+,26+,27-,29-,31+,32+,33-,34+,36-/m1/s1. The van der Waals surface area contributed by atoms with Gasteiger partial charge in [0.15, 0.2) is 6.29 Å². The first kappa shape index (κ1) is 42.3. The second-order valence-electron chi connectivity index (χ2n) is 13.2. The van der Waals surface area contributed by atoms with Crippen LogP contribution >= 0.6 is 0 Å². The largest absolute Gasteiger partial charge is 0.394 e. The van der Waals surface area contributed by atoms with Crippen molar-refractivity contribution in [3.8, 4) is 0 Å². The molecule has 0 spiro atoms. The summed E-state index contributed by atoms with van der Waals surface area (Å²) in [4.78, 5) is 40.5. The maximum absolute atomic E-state index is 13.9. The van der Waals surface area contributed by atoms with Gasteiger partial charge in [0.2, 0.25) is 11.6 Å². The second-order valence-corrected chi connectivity index (χ2v) is 13.2. The zero-order valence-electron chi connectivity index (χ0n) is 30.3. The molecule has 0 aromatic rings. The van der Waals surface area contributed by atoms with Crippen LogP contribution < -0.4 is 10.6 Å². The summed E-state index contributed by atoms with van der Waals surface area (Å²) in [7, 11) is 4.58. The molecule has 1 fully saturated rings. The van der Waals surface area contributed by atoms with Crippen LogP contribution in [0.25, 0.3) is 0 Å². The fourth-order valence-corrected chi connectivity index (χ4v) is 6.37. The van der Waals surface area contributed by atoms with Gasteiger partial charge in [-0.05, 0) is 38.2 Å². The highest BCUT2D eigenvalue weighted by atomic mass is 16.7. The number of carbonyl (C=O) groups is 3. The number of ketones is 2. The number of ether oxygens (including phenoxy) is 5. The zero-order chi connectivity index (χ0) is 38.0. The second kappa shape index (κ2) is 19.7. The van der Waals surface area contributed by atoms with Crippen molar-refractivity contribution < 1.29 is 63.6 Å². The molecule has 11 atom stereocenters. The lowest BCUT2D eigenvalue weighted by Gasteiger charge is -2.39. The summed E-state index contributed by atoms with van der Waals surface area (Å²) in [6.45, 7) is 6.33. The predicted molar refractivity (Wildman–Crippen MR) is 184 cm³/mol. The number of Topliss-reactive ketones (excluding diaryl/α,β-unsaturated/α-hetero) is 1. The highest BCUT2D eigenvalue weighted by Gasteiger charge is 2.44. The van der Waals surface area contributed by atoms with Crippen molar-refractivity contribution in [1.29, 1.82) is 0 Å². The minimum Gasteiger partial charge on any atom is -0.394 e. The number of rotatable bonds is 9. The van der Waals surface area contributed by atoms with E-state index in [9.17, 15) is 39.9 Å². The van der Waals surface area contributed by atoms with Crippen molar-refractivity contribution in [3.05, 3.63) is 58.5 Å². The summed E-state index contributed by atoms with van der Waals surface area (Å²) in [5, 5.41) is 56.6. The SMILES string of the molecule is CO[C@H]1/C=C\C=C(/C)C(=O)NC2=CC(=O)C(NCCO[C@@H]3O[C@H](CO)[C@H](O)[C@H](O)[C@H]3O)=C(C[C@@H](C)C[C@H](OC)[C@H](O)[C@@H](C)/C=C(\C)[C@@H]1OC)C2=O. The van der Waals surface area contributed by atoms with Crippen LogP contribution in [0, 0.1) is 11.8 Å². The van der Waals surface area contributed by atoms with E-state index in [4.69, 9.17) is 23.7 Å². The minimum absolute atomic E-state index is 0.0130. The molecule has 0 radical (unpaired) electrons. The molecule has 0 unspecified atom stereocenters. The number of aliphatic hydroxyl groups is 5. The van der Waals surface area contributed by atoms with Crippen LogP contribution in [0.2, 0.25) is 0 Å². The molecule has 3 aliphatic rings. The Kier molecular flexibility index (Phi) is 16.3. The Morgan fingerprint density at radius 2 is 1.67 bits per heavy atom. The lowest BCUT2D eigenvalue weighted by molar-refractivity contribution is -0.300. The van der Waals surface area contributed by atoms with Crippen LogP contribution in [0.5, 0.6) is 0 Å². The van der Waals surface area contributed by atoms with Crippen molar-refractivity contribution in [1.82, 2.24) is 10.6 Å². The smallest absolute Gasteiger partial charge is 0.251 e. The molecule has 51 heavy (non-hydrogen) atoms. The van der Waals surface area contributed by atoms with E-state index < -0.39 is 79.2 Å². The van der Waals surface area contributed by atoms with E-state index in [0.717, 1.165) is 11.6 Å². The van der Waals surface area contributed by atoms with E-state index in [0.29, 0.717) is 6.42 Å². The van der Waals surface area contributed by atoms with E-state index in [1.165, 1.54) is 14.2 Å². The molecule has 7 N–H and O–H groups in total. The molecule has 0 aromatic heterocycles. The number of aliphatic hydroxyl groups excluding tert-OH is 5. The molecule has 15 nitrogen and oxygen atoms in total. The summed E-state index contributed by atoms with van der Waals surface area (Å²) in [5.41, 5.74) is 0.976. The Labute approximate surface area is 298 Å². The van der Waals surface area contributed by atoms with Gasteiger partial charge in [-0.15, -0.1) is 0 Å². The first-order valence-electron chi connectivity index (χ1n) is 17.0. The number of fused-ring (bicyclic) bond motifs is 2. The number of hydrogen-bond acceptors (Lipinski definition) is 14. The third kappa shape index (κ3) is 10.7. The molecule has 1 saturated heterocycles. The highest BCUT2D eigenvalue weighted by molar-refractivity contribution is 6.23. The summed E-state index contributed by atoms with van der Waals surface area (Å²) < 4.78 is 28.0.